The predicted molar refractivity (Wildman–Crippen MR) is 75.9 cm³/mol. The van der Waals surface area contributed by atoms with E-state index in [1.54, 1.807) is 18.2 Å². The van der Waals surface area contributed by atoms with Crippen LogP contribution in [0.2, 0.25) is 0 Å². The van der Waals surface area contributed by atoms with Crippen LogP contribution in [-0.2, 0) is 11.2 Å². The van der Waals surface area contributed by atoms with E-state index in [1.807, 2.05) is 20.8 Å². The molecule has 0 aliphatic carbocycles. The Bertz CT molecular complexity index is 632. The molecule has 0 aliphatic heterocycles. The van der Waals surface area contributed by atoms with Crippen LogP contribution in [0.1, 0.15) is 26.7 Å². The lowest BCUT2D eigenvalue weighted by Gasteiger charge is -2.16. The van der Waals surface area contributed by atoms with Crippen LogP contribution in [0, 0.1) is 11.2 Å². The van der Waals surface area contributed by atoms with Gasteiger partial charge in [0.2, 0.25) is 11.8 Å². The monoisotopic (exact) mass is 291 g/mol. The highest BCUT2D eigenvalue weighted by Gasteiger charge is 2.20. The molecule has 0 radical (unpaired) electrons. The number of nitrogens with one attached hydrogen (secondary N) is 1. The molecular weight excluding hydrogens is 273 g/mol. The summed E-state index contributed by atoms with van der Waals surface area (Å²) >= 11 is 0. The third-order valence-electron chi connectivity index (χ3n) is 2.88. The average Bonchev–Trinajstić information content (AvgIpc) is 2.86. The van der Waals surface area contributed by atoms with Crippen LogP contribution in [0.3, 0.4) is 0 Å². The van der Waals surface area contributed by atoms with E-state index in [2.05, 4.69) is 15.5 Å². The molecular formula is C15H18FN3O2. The second-order valence-electron chi connectivity index (χ2n) is 5.74. The van der Waals surface area contributed by atoms with Gasteiger partial charge in [0.05, 0.1) is 5.56 Å². The van der Waals surface area contributed by atoms with E-state index < -0.39 is 11.2 Å². The first kappa shape index (κ1) is 15.2. The van der Waals surface area contributed by atoms with Gasteiger partial charge in [-0.1, -0.05) is 32.9 Å². The van der Waals surface area contributed by atoms with Crippen molar-refractivity contribution in [1.29, 1.82) is 0 Å². The predicted octanol–water partition coefficient (Wildman–Crippen LogP) is 2.58. The van der Waals surface area contributed by atoms with E-state index in [9.17, 15) is 9.18 Å². The molecule has 0 atom stereocenters. The minimum atomic E-state index is -0.437. The maximum atomic E-state index is 13.6. The molecule has 0 unspecified atom stereocenters. The Labute approximate surface area is 122 Å². The van der Waals surface area contributed by atoms with Gasteiger partial charge in [-0.05, 0) is 12.1 Å². The Balaban J connectivity index is 1.96. The molecule has 0 spiro atoms. The van der Waals surface area contributed by atoms with Gasteiger partial charge in [-0.3, -0.25) is 4.79 Å². The molecule has 0 saturated heterocycles. The van der Waals surface area contributed by atoms with Crippen LogP contribution in [0.5, 0.6) is 0 Å². The van der Waals surface area contributed by atoms with Gasteiger partial charge >= 0.3 is 0 Å². The SMILES string of the molecule is CC(C)(C)C(=O)NCCc1nnc(-c2ccccc2F)o1. The van der Waals surface area contributed by atoms with Crippen LogP contribution in [-0.4, -0.2) is 22.6 Å². The number of hydrogen-bond acceptors (Lipinski definition) is 4. The highest BCUT2D eigenvalue weighted by Crippen LogP contribution is 2.21. The number of nitrogens with zero attached hydrogens (tertiary/aromatic N) is 2. The molecule has 2 rings (SSSR count). The summed E-state index contributed by atoms with van der Waals surface area (Å²) in [5.74, 6) is 0.0535. The Morgan fingerprint density at radius 1 is 1.29 bits per heavy atom. The van der Waals surface area contributed by atoms with Crippen molar-refractivity contribution in [3.8, 4) is 11.5 Å². The Morgan fingerprint density at radius 2 is 2.00 bits per heavy atom. The van der Waals surface area contributed by atoms with Crippen molar-refractivity contribution in [3.05, 3.63) is 36.0 Å². The first-order chi connectivity index (χ1) is 9.88. The van der Waals surface area contributed by atoms with Gasteiger partial charge in [0.25, 0.3) is 5.89 Å². The number of rotatable bonds is 4. The highest BCUT2D eigenvalue weighted by molar-refractivity contribution is 5.81. The summed E-state index contributed by atoms with van der Waals surface area (Å²) in [6.07, 6.45) is 0.406. The molecule has 0 bridgehead atoms. The molecule has 0 saturated carbocycles. The molecule has 2 aromatic rings. The average molecular weight is 291 g/mol. The molecule has 5 nitrogen and oxygen atoms in total. The smallest absolute Gasteiger partial charge is 0.250 e. The number of amides is 1. The van der Waals surface area contributed by atoms with Crippen molar-refractivity contribution in [2.24, 2.45) is 5.41 Å². The summed E-state index contributed by atoms with van der Waals surface area (Å²) < 4.78 is 19.0. The van der Waals surface area contributed by atoms with Gasteiger partial charge in [-0.25, -0.2) is 4.39 Å². The first-order valence-corrected chi connectivity index (χ1v) is 6.73. The second-order valence-corrected chi connectivity index (χ2v) is 5.74. The number of halogens is 1. The molecule has 1 aromatic heterocycles. The molecule has 1 heterocycles. The van der Waals surface area contributed by atoms with E-state index in [4.69, 9.17) is 4.42 Å². The summed E-state index contributed by atoms with van der Waals surface area (Å²) in [6, 6.07) is 6.21. The number of carbonyl (C=O) groups is 1. The first-order valence-electron chi connectivity index (χ1n) is 6.73. The van der Waals surface area contributed by atoms with Crippen molar-refractivity contribution in [2.45, 2.75) is 27.2 Å². The van der Waals surface area contributed by atoms with Gasteiger partial charge in [-0.2, -0.15) is 0 Å². The quantitative estimate of drug-likeness (QED) is 0.940. The topological polar surface area (TPSA) is 68.0 Å². The molecule has 112 valence electrons. The third kappa shape index (κ3) is 3.87. The highest BCUT2D eigenvalue weighted by atomic mass is 19.1. The van der Waals surface area contributed by atoms with E-state index in [-0.39, 0.29) is 17.4 Å². The zero-order valence-electron chi connectivity index (χ0n) is 12.3. The fourth-order valence-corrected chi connectivity index (χ4v) is 1.65. The van der Waals surface area contributed by atoms with Crippen molar-refractivity contribution >= 4 is 5.91 Å². The second kappa shape index (κ2) is 6.03. The van der Waals surface area contributed by atoms with E-state index in [0.29, 0.717) is 18.9 Å². The Morgan fingerprint density at radius 3 is 2.67 bits per heavy atom. The third-order valence-corrected chi connectivity index (χ3v) is 2.88. The van der Waals surface area contributed by atoms with Gasteiger partial charge in [-0.15, -0.1) is 10.2 Å². The molecule has 21 heavy (non-hydrogen) atoms. The van der Waals surface area contributed by atoms with Gasteiger partial charge in [0.1, 0.15) is 5.82 Å². The van der Waals surface area contributed by atoms with Crippen LogP contribution in [0.15, 0.2) is 28.7 Å². The van der Waals surface area contributed by atoms with E-state index in [0.717, 1.165) is 0 Å². The molecule has 1 amide bonds. The molecule has 1 aromatic carbocycles. The number of benzene rings is 1. The standard InChI is InChI=1S/C15H18FN3O2/c1-15(2,3)14(20)17-9-8-12-18-19-13(21-12)10-6-4-5-7-11(10)16/h4-7H,8-9H2,1-3H3,(H,17,20). The van der Waals surface area contributed by atoms with Crippen molar-refractivity contribution in [3.63, 3.8) is 0 Å². The fraction of sp³-hybridized carbons (Fsp3) is 0.400. The number of carbonyl (C=O) groups excluding carboxylic acids is 1. The molecule has 1 N–H and O–H groups in total. The molecule has 0 aliphatic rings. The minimum absolute atomic E-state index is 0.0451. The molecule has 0 fully saturated rings. The Kier molecular flexibility index (Phi) is 4.35. The summed E-state index contributed by atoms with van der Waals surface area (Å²) in [6.45, 7) is 5.91. The lowest BCUT2D eigenvalue weighted by molar-refractivity contribution is -0.128. The number of hydrogen-bond donors (Lipinski definition) is 1. The zero-order chi connectivity index (χ0) is 15.5. The van der Waals surface area contributed by atoms with Crippen molar-refractivity contribution in [2.75, 3.05) is 6.54 Å². The van der Waals surface area contributed by atoms with Crippen LogP contribution >= 0.6 is 0 Å². The number of aromatic nitrogens is 2. The van der Waals surface area contributed by atoms with Crippen LogP contribution in [0.4, 0.5) is 4.39 Å². The van der Waals surface area contributed by atoms with Crippen LogP contribution < -0.4 is 5.32 Å². The van der Waals surface area contributed by atoms with Crippen LogP contribution in [0.25, 0.3) is 11.5 Å². The van der Waals surface area contributed by atoms with Gasteiger partial charge in [0.15, 0.2) is 0 Å². The molecule has 6 heteroatoms. The maximum Gasteiger partial charge on any atom is 0.250 e. The Hall–Kier alpha value is -2.24. The largest absolute Gasteiger partial charge is 0.421 e. The zero-order valence-corrected chi connectivity index (χ0v) is 12.3. The van der Waals surface area contributed by atoms with E-state index in [1.165, 1.54) is 6.07 Å². The maximum absolute atomic E-state index is 13.6. The van der Waals surface area contributed by atoms with Gasteiger partial charge in [0, 0.05) is 18.4 Å². The normalized spacial score (nSPS) is 11.4. The summed E-state index contributed by atoms with van der Waals surface area (Å²) in [7, 11) is 0. The summed E-state index contributed by atoms with van der Waals surface area (Å²) in [4.78, 5) is 11.7. The lowest BCUT2D eigenvalue weighted by Crippen LogP contribution is -2.35. The fourth-order valence-electron chi connectivity index (χ4n) is 1.65. The van der Waals surface area contributed by atoms with Gasteiger partial charge < -0.3 is 9.73 Å². The minimum Gasteiger partial charge on any atom is -0.421 e. The summed E-state index contributed by atoms with van der Waals surface area (Å²) in [5, 5.41) is 10.5. The van der Waals surface area contributed by atoms with Crippen molar-refractivity contribution in [1.82, 2.24) is 15.5 Å². The van der Waals surface area contributed by atoms with Crippen molar-refractivity contribution < 1.29 is 13.6 Å². The summed E-state index contributed by atoms with van der Waals surface area (Å²) in [5.41, 5.74) is -0.164. The van der Waals surface area contributed by atoms with E-state index >= 15 is 0 Å². The lowest BCUT2D eigenvalue weighted by atomic mass is 9.96.